The SMILES string of the molecule is CCCCCCC/C=C/CC/C=C/C(O)C(COC1OC(CO)C(O)C(O)C1O)NC(=O)CCCCCCCCCCCCCCCCCCCCCCCCCCCCCOC(=O)CCCCCCCCCCCCC. The van der Waals surface area contributed by atoms with Gasteiger partial charge in [0.25, 0.3) is 0 Å². The highest BCUT2D eigenvalue weighted by Gasteiger charge is 2.44. The molecule has 6 N–H and O–H groups in total. The van der Waals surface area contributed by atoms with E-state index in [9.17, 15) is 35.1 Å². The van der Waals surface area contributed by atoms with Crippen LogP contribution in [0.1, 0.15) is 322 Å². The minimum Gasteiger partial charge on any atom is -0.466 e. The molecule has 0 spiro atoms. The number of esters is 1. The first-order valence-electron chi connectivity index (χ1n) is 33.1. The molecule has 1 saturated heterocycles. The number of rotatable bonds is 58. The fourth-order valence-corrected chi connectivity index (χ4v) is 10.6. The van der Waals surface area contributed by atoms with Gasteiger partial charge >= 0.3 is 5.97 Å². The second kappa shape index (κ2) is 56.0. The van der Waals surface area contributed by atoms with Crippen LogP contribution in [0.3, 0.4) is 0 Å². The molecule has 1 amide bonds. The molecule has 0 aromatic carbocycles. The topological polar surface area (TPSA) is 175 Å². The van der Waals surface area contributed by atoms with Gasteiger partial charge in [-0.25, -0.2) is 0 Å². The standard InChI is InChI=1S/C66H125NO10/c1-3-5-7-9-11-13-32-36-40-44-48-52-59(69)58(57-76-66-65(74)64(73)63(72)60(56-68)77-66)67-61(70)53-49-45-41-37-34-30-28-26-24-22-20-18-16-15-17-19-21-23-25-27-29-31-35-39-43-47-51-55-75-62(71)54-50-46-42-38-33-14-12-10-8-6-4-2/h32,36,48,52,58-60,63-66,68-69,72-74H,3-31,33-35,37-47,49-51,53-57H2,1-2H3,(H,67,70)/b36-32+,52-48+. The van der Waals surface area contributed by atoms with Crippen molar-refractivity contribution in [3.63, 3.8) is 0 Å². The fraction of sp³-hybridized carbons (Fsp3) is 0.909. The monoisotopic (exact) mass is 1090 g/mol. The minimum atomic E-state index is -1.57. The number of allylic oxidation sites excluding steroid dienone is 3. The zero-order chi connectivity index (χ0) is 55.9. The molecule has 11 nitrogen and oxygen atoms in total. The van der Waals surface area contributed by atoms with E-state index in [0.717, 1.165) is 57.8 Å². The third-order valence-corrected chi connectivity index (χ3v) is 15.8. The van der Waals surface area contributed by atoms with E-state index >= 15 is 0 Å². The Bertz CT molecular complexity index is 1330. The molecule has 7 atom stereocenters. The first kappa shape index (κ1) is 73.2. The number of hydrogen-bond acceptors (Lipinski definition) is 10. The van der Waals surface area contributed by atoms with E-state index in [0.29, 0.717) is 19.4 Å². The van der Waals surface area contributed by atoms with E-state index in [1.54, 1.807) is 6.08 Å². The zero-order valence-electron chi connectivity index (χ0n) is 50.2. The molecule has 0 aromatic rings. The molecule has 0 radical (unpaired) electrons. The van der Waals surface area contributed by atoms with Gasteiger partial charge in [-0.2, -0.15) is 0 Å². The third kappa shape index (κ3) is 45.4. The number of ether oxygens (including phenoxy) is 3. The van der Waals surface area contributed by atoms with Crippen molar-refractivity contribution in [1.82, 2.24) is 5.32 Å². The first-order chi connectivity index (χ1) is 37.7. The predicted molar refractivity (Wildman–Crippen MR) is 320 cm³/mol. The van der Waals surface area contributed by atoms with Gasteiger partial charge in [0.05, 0.1) is 32.0 Å². The lowest BCUT2D eigenvalue weighted by molar-refractivity contribution is -0.302. The van der Waals surface area contributed by atoms with Crippen LogP contribution in [0.2, 0.25) is 0 Å². The number of carbonyl (C=O) groups excluding carboxylic acids is 2. The number of nitrogens with one attached hydrogen (secondary N) is 1. The highest BCUT2D eigenvalue weighted by atomic mass is 16.7. The number of hydrogen-bond donors (Lipinski definition) is 6. The molecule has 1 rings (SSSR count). The van der Waals surface area contributed by atoms with Crippen LogP contribution in [-0.4, -0.2) is 100 Å². The maximum Gasteiger partial charge on any atom is 0.305 e. The Balaban J connectivity index is 1.97. The van der Waals surface area contributed by atoms with Gasteiger partial charge in [-0.1, -0.05) is 289 Å². The van der Waals surface area contributed by atoms with E-state index in [-0.39, 0.29) is 18.5 Å². The number of carbonyl (C=O) groups is 2. The number of unbranched alkanes of at least 4 members (excludes halogenated alkanes) is 42. The van der Waals surface area contributed by atoms with Crippen molar-refractivity contribution >= 4 is 11.9 Å². The Morgan fingerprint density at radius 3 is 1.29 bits per heavy atom. The van der Waals surface area contributed by atoms with Gasteiger partial charge in [-0.05, 0) is 44.9 Å². The van der Waals surface area contributed by atoms with Gasteiger partial charge in [-0.15, -0.1) is 0 Å². The summed E-state index contributed by atoms with van der Waals surface area (Å²) in [6.07, 6.45) is 58.8. The lowest BCUT2D eigenvalue weighted by Gasteiger charge is -2.40. The van der Waals surface area contributed by atoms with Crippen molar-refractivity contribution < 1.29 is 49.3 Å². The van der Waals surface area contributed by atoms with Crippen molar-refractivity contribution in [1.29, 1.82) is 0 Å². The molecular formula is C66H125NO10. The van der Waals surface area contributed by atoms with E-state index in [4.69, 9.17) is 14.2 Å². The lowest BCUT2D eigenvalue weighted by Crippen LogP contribution is -2.60. The van der Waals surface area contributed by atoms with Crippen LogP contribution in [0, 0.1) is 0 Å². The summed E-state index contributed by atoms with van der Waals surface area (Å²) >= 11 is 0. The van der Waals surface area contributed by atoms with E-state index in [1.165, 1.54) is 238 Å². The van der Waals surface area contributed by atoms with Crippen LogP contribution in [0.4, 0.5) is 0 Å². The van der Waals surface area contributed by atoms with Crippen LogP contribution >= 0.6 is 0 Å². The third-order valence-electron chi connectivity index (χ3n) is 15.8. The molecule has 0 aromatic heterocycles. The fourth-order valence-electron chi connectivity index (χ4n) is 10.6. The Morgan fingerprint density at radius 1 is 0.468 bits per heavy atom. The molecule has 0 bridgehead atoms. The average molecular weight is 1090 g/mol. The van der Waals surface area contributed by atoms with Gasteiger partial charge in [-0.3, -0.25) is 9.59 Å². The molecule has 454 valence electrons. The summed E-state index contributed by atoms with van der Waals surface area (Å²) in [4.78, 5) is 25.0. The van der Waals surface area contributed by atoms with Crippen molar-refractivity contribution in [2.45, 2.75) is 365 Å². The predicted octanol–water partition coefficient (Wildman–Crippen LogP) is 16.1. The quantitative estimate of drug-likeness (QED) is 0.0195. The molecule has 11 heteroatoms. The van der Waals surface area contributed by atoms with Crippen LogP contribution in [0.25, 0.3) is 0 Å². The molecule has 7 unspecified atom stereocenters. The Hall–Kier alpha value is -1.86. The van der Waals surface area contributed by atoms with Gasteiger partial charge in [0.15, 0.2) is 6.29 Å². The molecule has 1 aliphatic heterocycles. The van der Waals surface area contributed by atoms with Crippen LogP contribution in [0.15, 0.2) is 24.3 Å². The highest BCUT2D eigenvalue weighted by molar-refractivity contribution is 5.76. The minimum absolute atomic E-state index is 0.00818. The van der Waals surface area contributed by atoms with E-state index < -0.39 is 49.5 Å². The summed E-state index contributed by atoms with van der Waals surface area (Å²) in [5, 5.41) is 54.3. The molecule has 1 aliphatic rings. The maximum absolute atomic E-state index is 13.0. The molecular weight excluding hydrogens is 967 g/mol. The maximum atomic E-state index is 13.0. The van der Waals surface area contributed by atoms with Gasteiger partial charge in [0.2, 0.25) is 5.91 Å². The molecule has 0 saturated carbocycles. The molecule has 77 heavy (non-hydrogen) atoms. The largest absolute Gasteiger partial charge is 0.466 e. The zero-order valence-corrected chi connectivity index (χ0v) is 50.2. The lowest BCUT2D eigenvalue weighted by atomic mass is 9.99. The number of amides is 1. The molecule has 1 fully saturated rings. The van der Waals surface area contributed by atoms with E-state index in [2.05, 4.69) is 31.3 Å². The second-order valence-corrected chi connectivity index (χ2v) is 23.2. The van der Waals surface area contributed by atoms with Crippen molar-refractivity contribution in [3.05, 3.63) is 24.3 Å². The van der Waals surface area contributed by atoms with Crippen LogP contribution < -0.4 is 5.32 Å². The smallest absolute Gasteiger partial charge is 0.305 e. The summed E-state index contributed by atoms with van der Waals surface area (Å²) in [7, 11) is 0. The average Bonchev–Trinajstić information content (AvgIpc) is 3.43. The van der Waals surface area contributed by atoms with Crippen LogP contribution in [-0.2, 0) is 23.8 Å². The highest BCUT2D eigenvalue weighted by Crippen LogP contribution is 2.23. The van der Waals surface area contributed by atoms with Gasteiger partial charge < -0.3 is 45.1 Å². The van der Waals surface area contributed by atoms with Crippen molar-refractivity contribution in [2.75, 3.05) is 19.8 Å². The summed E-state index contributed by atoms with van der Waals surface area (Å²) in [6, 6.07) is -0.824. The molecule has 0 aliphatic carbocycles. The van der Waals surface area contributed by atoms with E-state index in [1.807, 2.05) is 6.08 Å². The number of aliphatic hydroxyl groups is 5. The molecule has 1 heterocycles. The Kier molecular flexibility index (Phi) is 53.2. The van der Waals surface area contributed by atoms with Crippen LogP contribution in [0.5, 0.6) is 0 Å². The Morgan fingerprint density at radius 2 is 0.844 bits per heavy atom. The van der Waals surface area contributed by atoms with Gasteiger partial charge in [0.1, 0.15) is 24.4 Å². The summed E-state index contributed by atoms with van der Waals surface area (Å²) in [5.41, 5.74) is 0. The normalized spacial score (nSPS) is 18.7. The Labute approximate surface area is 473 Å². The summed E-state index contributed by atoms with van der Waals surface area (Å²) in [6.45, 7) is 4.33. The van der Waals surface area contributed by atoms with Crippen molar-refractivity contribution in [3.8, 4) is 0 Å². The first-order valence-corrected chi connectivity index (χ1v) is 33.1. The summed E-state index contributed by atoms with van der Waals surface area (Å²) < 4.78 is 16.7. The second-order valence-electron chi connectivity index (χ2n) is 23.2. The number of aliphatic hydroxyl groups excluding tert-OH is 5. The summed E-state index contributed by atoms with van der Waals surface area (Å²) in [5.74, 6) is -0.181. The van der Waals surface area contributed by atoms with Gasteiger partial charge in [0, 0.05) is 12.8 Å². The van der Waals surface area contributed by atoms with Crippen molar-refractivity contribution in [2.24, 2.45) is 0 Å².